The van der Waals surface area contributed by atoms with Crippen LogP contribution in [0.2, 0.25) is 0 Å². The van der Waals surface area contributed by atoms with Crippen LogP contribution < -0.4 is 10.1 Å². The second-order valence-electron chi connectivity index (χ2n) is 14.7. The van der Waals surface area contributed by atoms with E-state index < -0.39 is 29.7 Å². The predicted octanol–water partition coefficient (Wildman–Crippen LogP) is 6.39. The molecule has 3 atom stereocenters. The third-order valence-electron chi connectivity index (χ3n) is 11.5. The monoisotopic (exact) mass is 649 g/mol. The number of ether oxygens (including phenoxy) is 3. The zero-order valence-electron chi connectivity index (χ0n) is 27.5. The number of hydrogen-bond acceptors (Lipinski definition) is 6. The van der Waals surface area contributed by atoms with Crippen LogP contribution in [0, 0.1) is 23.7 Å². The number of nitrogens with one attached hydrogen (secondary N) is 2. The molecule has 1 aliphatic heterocycles. The van der Waals surface area contributed by atoms with Crippen LogP contribution in [0.5, 0.6) is 5.75 Å². The van der Waals surface area contributed by atoms with Crippen molar-refractivity contribution >= 4 is 39.6 Å². The van der Waals surface area contributed by atoms with Crippen molar-refractivity contribution in [3.05, 3.63) is 78.5 Å². The number of likely N-dealkylation sites (tertiary alicyclic amines) is 1. The Morgan fingerprint density at radius 2 is 1.56 bits per heavy atom. The zero-order chi connectivity index (χ0) is 33.0. The molecule has 48 heavy (non-hydrogen) atoms. The summed E-state index contributed by atoms with van der Waals surface area (Å²) in [6.07, 6.45) is 6.95. The zero-order valence-corrected chi connectivity index (χ0v) is 27.5. The van der Waals surface area contributed by atoms with Crippen molar-refractivity contribution in [2.24, 2.45) is 23.7 Å². The molecule has 2 N–H and O–H groups in total. The molecule has 2 heterocycles. The fourth-order valence-electron chi connectivity index (χ4n) is 9.54. The Labute approximate surface area is 280 Å². The number of nitrogens with zero attached hydrogens (tertiary/aromatic N) is 1. The number of carbonyl (C=O) groups is 3. The van der Waals surface area contributed by atoms with Gasteiger partial charge in [-0.25, -0.2) is 9.59 Å². The number of methoxy groups -OCH3 is 1. The molecular weight excluding hydrogens is 606 g/mol. The number of esters is 1. The molecule has 0 radical (unpaired) electrons. The van der Waals surface area contributed by atoms with Crippen LogP contribution in [0.4, 0.5) is 4.79 Å². The third-order valence-corrected chi connectivity index (χ3v) is 11.5. The molecular formula is C39H43N3O6. The largest absolute Gasteiger partial charge is 0.488 e. The molecule has 9 heteroatoms. The van der Waals surface area contributed by atoms with Crippen molar-refractivity contribution in [2.75, 3.05) is 13.7 Å². The lowest BCUT2D eigenvalue weighted by molar-refractivity contribution is -0.153. The van der Waals surface area contributed by atoms with Crippen LogP contribution in [-0.4, -0.2) is 65.3 Å². The topological polar surface area (TPSA) is 110 Å². The molecule has 9 rings (SSSR count). The standard InChI is InChI=1S/C39H43N3O6/c1-39(20-28-21-40-32-12-6-5-10-30(28)32,41-38(45)48-35-26-15-23-14-24(17-26)18-27(35)16-23)37(44)42-22-29(19-33(42)36(43)46-2)47-34-13-7-9-25-8-3-4-11-31(25)34/h3-13,21,23-24,26-27,29,33,35,40H,14-20,22H2,1-2H3,(H,41,45)/t23?,24?,26?,27?,29-,33-,35?,39-/m1/s1. The van der Waals surface area contributed by atoms with E-state index >= 15 is 0 Å². The van der Waals surface area contributed by atoms with E-state index in [2.05, 4.69) is 10.3 Å². The van der Waals surface area contributed by atoms with Crippen LogP contribution in [0.1, 0.15) is 51.0 Å². The van der Waals surface area contributed by atoms with Gasteiger partial charge >= 0.3 is 12.1 Å². The number of alkyl carbamates (subject to hydrolysis) is 1. The van der Waals surface area contributed by atoms with Crippen LogP contribution in [0.3, 0.4) is 0 Å². The number of fused-ring (bicyclic) bond motifs is 2. The smallest absolute Gasteiger partial charge is 0.408 e. The highest BCUT2D eigenvalue weighted by Gasteiger charge is 2.52. The fourth-order valence-corrected chi connectivity index (χ4v) is 9.54. The first-order valence-electron chi connectivity index (χ1n) is 17.3. The maximum absolute atomic E-state index is 14.8. The second kappa shape index (κ2) is 12.2. The molecule has 2 amide bonds. The van der Waals surface area contributed by atoms with Gasteiger partial charge in [-0.1, -0.05) is 54.6 Å². The normalized spacial score (nSPS) is 28.7. The van der Waals surface area contributed by atoms with Crippen molar-refractivity contribution < 1.29 is 28.6 Å². The number of hydrogen-bond donors (Lipinski definition) is 2. The summed E-state index contributed by atoms with van der Waals surface area (Å²) in [5, 5.41) is 6.00. The Morgan fingerprint density at radius 3 is 2.31 bits per heavy atom. The van der Waals surface area contributed by atoms with E-state index in [4.69, 9.17) is 14.2 Å². The molecule has 5 aliphatic rings. The molecule has 4 aromatic rings. The van der Waals surface area contributed by atoms with E-state index in [0.717, 1.165) is 64.8 Å². The third kappa shape index (κ3) is 5.57. The van der Waals surface area contributed by atoms with Crippen LogP contribution in [0.25, 0.3) is 21.7 Å². The summed E-state index contributed by atoms with van der Waals surface area (Å²) in [5.74, 6) is 2.06. The first-order valence-corrected chi connectivity index (χ1v) is 17.3. The highest BCUT2D eigenvalue weighted by Crippen LogP contribution is 2.54. The Morgan fingerprint density at radius 1 is 0.875 bits per heavy atom. The SMILES string of the molecule is COC(=O)[C@H]1C[C@@H](Oc2cccc3ccccc23)CN1C(=O)[C@@](C)(Cc1c[nH]c2ccccc12)NC(=O)OC1C2CC3CC(C2)CC1C3. The first kappa shape index (κ1) is 30.8. The number of benzene rings is 3. The minimum absolute atomic E-state index is 0.127. The first-order chi connectivity index (χ1) is 23.3. The molecule has 9 nitrogen and oxygen atoms in total. The van der Waals surface area contributed by atoms with Crippen molar-refractivity contribution in [3.63, 3.8) is 0 Å². The molecule has 4 saturated carbocycles. The number of H-pyrrole nitrogens is 1. The summed E-state index contributed by atoms with van der Waals surface area (Å²) in [6.45, 7) is 1.90. The molecule has 250 valence electrons. The highest BCUT2D eigenvalue weighted by molar-refractivity contribution is 5.95. The van der Waals surface area contributed by atoms with E-state index in [9.17, 15) is 14.4 Å². The quantitative estimate of drug-likeness (QED) is 0.214. The number of aromatic amines is 1. The lowest BCUT2D eigenvalue weighted by Crippen LogP contribution is -2.62. The fraction of sp³-hybridized carbons (Fsp3) is 0.462. The van der Waals surface area contributed by atoms with E-state index in [0.29, 0.717) is 17.6 Å². The maximum Gasteiger partial charge on any atom is 0.408 e. The van der Waals surface area contributed by atoms with E-state index in [-0.39, 0.29) is 31.4 Å². The van der Waals surface area contributed by atoms with Gasteiger partial charge in [0.25, 0.3) is 0 Å². The van der Waals surface area contributed by atoms with Crippen LogP contribution >= 0.6 is 0 Å². The number of rotatable bonds is 8. The molecule has 5 fully saturated rings. The van der Waals surface area contributed by atoms with Crippen molar-refractivity contribution in [1.82, 2.24) is 15.2 Å². The van der Waals surface area contributed by atoms with Gasteiger partial charge in [-0.15, -0.1) is 0 Å². The van der Waals surface area contributed by atoms with E-state index in [1.165, 1.54) is 18.4 Å². The molecule has 0 spiro atoms. The summed E-state index contributed by atoms with van der Waals surface area (Å²) < 4.78 is 17.9. The van der Waals surface area contributed by atoms with E-state index in [1.807, 2.05) is 72.9 Å². The van der Waals surface area contributed by atoms with Gasteiger partial charge in [-0.3, -0.25) is 4.79 Å². The average molecular weight is 650 g/mol. The summed E-state index contributed by atoms with van der Waals surface area (Å²) >= 11 is 0. The Balaban J connectivity index is 1.08. The summed E-state index contributed by atoms with van der Waals surface area (Å²) in [7, 11) is 1.33. The lowest BCUT2D eigenvalue weighted by Gasteiger charge is -2.53. The maximum atomic E-state index is 14.8. The van der Waals surface area contributed by atoms with Gasteiger partial charge in [-0.05, 0) is 85.8 Å². The summed E-state index contributed by atoms with van der Waals surface area (Å²) in [6, 6.07) is 20.8. The van der Waals surface area contributed by atoms with Crippen molar-refractivity contribution in [3.8, 4) is 5.75 Å². The van der Waals surface area contributed by atoms with Crippen LogP contribution in [-0.2, 0) is 25.5 Å². The summed E-state index contributed by atoms with van der Waals surface area (Å²) in [4.78, 5) is 46.7. The molecule has 0 unspecified atom stereocenters. The summed E-state index contributed by atoms with van der Waals surface area (Å²) in [5.41, 5.74) is 0.401. The Bertz CT molecular complexity index is 1840. The van der Waals surface area contributed by atoms with Gasteiger partial charge in [0.2, 0.25) is 5.91 Å². The average Bonchev–Trinajstić information content (AvgIpc) is 3.69. The molecule has 4 aliphatic carbocycles. The molecule has 4 bridgehead atoms. The van der Waals surface area contributed by atoms with E-state index in [1.54, 1.807) is 6.92 Å². The lowest BCUT2D eigenvalue weighted by atomic mass is 9.55. The van der Waals surface area contributed by atoms with Crippen LogP contribution in [0.15, 0.2) is 72.9 Å². The Kier molecular flexibility index (Phi) is 7.80. The number of para-hydroxylation sites is 1. The van der Waals surface area contributed by atoms with Gasteiger partial charge in [0.1, 0.15) is 29.5 Å². The molecule has 1 aromatic heterocycles. The molecule has 1 saturated heterocycles. The van der Waals surface area contributed by atoms with Gasteiger partial charge in [0.15, 0.2) is 0 Å². The number of amides is 2. The van der Waals surface area contributed by atoms with Crippen molar-refractivity contribution in [1.29, 1.82) is 0 Å². The second-order valence-corrected chi connectivity index (χ2v) is 14.7. The van der Waals surface area contributed by atoms with Gasteiger partial charge in [-0.2, -0.15) is 0 Å². The Hall–Kier alpha value is -4.53. The number of carbonyl (C=O) groups excluding carboxylic acids is 3. The minimum atomic E-state index is -1.42. The molecule has 3 aromatic carbocycles. The van der Waals surface area contributed by atoms with Gasteiger partial charge in [0.05, 0.1) is 13.7 Å². The number of aromatic nitrogens is 1. The van der Waals surface area contributed by atoms with Gasteiger partial charge < -0.3 is 29.4 Å². The van der Waals surface area contributed by atoms with Gasteiger partial charge in [0, 0.05) is 35.3 Å². The minimum Gasteiger partial charge on any atom is -0.488 e. The van der Waals surface area contributed by atoms with Crippen molar-refractivity contribution in [2.45, 2.75) is 75.7 Å². The predicted molar refractivity (Wildman–Crippen MR) is 181 cm³/mol. The highest BCUT2D eigenvalue weighted by atomic mass is 16.6.